The molecule has 0 aliphatic rings. The quantitative estimate of drug-likeness (QED) is 0.800. The van der Waals surface area contributed by atoms with Crippen LogP contribution in [0.5, 0.6) is 0 Å². The zero-order valence-electron chi connectivity index (χ0n) is 8.96. The number of rotatable bonds is 4. The first-order chi connectivity index (χ1) is 7.05. The molecule has 0 radical (unpaired) electrons. The summed E-state index contributed by atoms with van der Waals surface area (Å²) >= 11 is 5.65. The standard InChI is InChI=1S/C11H15ClN2O/c1-11(2,5-6-12)14-10(15)9-4-3-7-13-8-9/h3-4,7-8H,5-6H2,1-2H3,(H,14,15). The first-order valence-corrected chi connectivity index (χ1v) is 5.37. The SMILES string of the molecule is CC(C)(CCCl)NC(=O)c1cccnc1. The normalized spacial score (nSPS) is 11.1. The molecule has 0 bridgehead atoms. The molecule has 0 aliphatic carbocycles. The largest absolute Gasteiger partial charge is 0.347 e. The Bertz CT molecular complexity index is 325. The van der Waals surface area contributed by atoms with Gasteiger partial charge >= 0.3 is 0 Å². The van der Waals surface area contributed by atoms with Gasteiger partial charge in [0, 0.05) is 23.8 Å². The Labute approximate surface area is 94.9 Å². The van der Waals surface area contributed by atoms with Crippen LogP contribution in [0.2, 0.25) is 0 Å². The van der Waals surface area contributed by atoms with E-state index in [9.17, 15) is 4.79 Å². The van der Waals surface area contributed by atoms with E-state index in [1.54, 1.807) is 24.5 Å². The van der Waals surface area contributed by atoms with Gasteiger partial charge in [-0.25, -0.2) is 0 Å². The lowest BCUT2D eigenvalue weighted by Gasteiger charge is -2.25. The van der Waals surface area contributed by atoms with Gasteiger partial charge in [0.1, 0.15) is 0 Å². The molecule has 0 atom stereocenters. The molecule has 1 rings (SSSR count). The topological polar surface area (TPSA) is 42.0 Å². The molecule has 0 spiro atoms. The zero-order valence-corrected chi connectivity index (χ0v) is 9.71. The summed E-state index contributed by atoms with van der Waals surface area (Å²) in [7, 11) is 0. The van der Waals surface area contributed by atoms with Gasteiger partial charge < -0.3 is 5.32 Å². The molecule has 15 heavy (non-hydrogen) atoms. The average molecular weight is 227 g/mol. The van der Waals surface area contributed by atoms with E-state index in [0.717, 1.165) is 6.42 Å². The van der Waals surface area contributed by atoms with Crippen molar-refractivity contribution in [1.29, 1.82) is 0 Å². The highest BCUT2D eigenvalue weighted by molar-refractivity contribution is 6.17. The molecule has 1 aromatic heterocycles. The molecule has 1 heterocycles. The smallest absolute Gasteiger partial charge is 0.253 e. The van der Waals surface area contributed by atoms with Crippen LogP contribution in [-0.4, -0.2) is 22.3 Å². The third-order valence-electron chi connectivity index (χ3n) is 2.10. The minimum Gasteiger partial charge on any atom is -0.347 e. The molecular formula is C11H15ClN2O. The van der Waals surface area contributed by atoms with E-state index in [-0.39, 0.29) is 11.4 Å². The second-order valence-electron chi connectivity index (χ2n) is 4.02. The number of nitrogens with one attached hydrogen (secondary N) is 1. The van der Waals surface area contributed by atoms with Gasteiger partial charge in [-0.2, -0.15) is 0 Å². The molecule has 0 aliphatic heterocycles. The van der Waals surface area contributed by atoms with Crippen LogP contribution in [0.25, 0.3) is 0 Å². The first-order valence-electron chi connectivity index (χ1n) is 4.84. The van der Waals surface area contributed by atoms with Crippen LogP contribution >= 0.6 is 11.6 Å². The summed E-state index contributed by atoms with van der Waals surface area (Å²) in [6.07, 6.45) is 3.92. The highest BCUT2D eigenvalue weighted by Crippen LogP contribution is 2.10. The monoisotopic (exact) mass is 226 g/mol. The number of alkyl halides is 1. The maximum Gasteiger partial charge on any atom is 0.253 e. The predicted molar refractivity (Wildman–Crippen MR) is 61.1 cm³/mol. The highest BCUT2D eigenvalue weighted by atomic mass is 35.5. The fourth-order valence-electron chi connectivity index (χ4n) is 1.18. The molecule has 82 valence electrons. The lowest BCUT2D eigenvalue weighted by atomic mass is 10.0. The van der Waals surface area contributed by atoms with Crippen LogP contribution in [0.4, 0.5) is 0 Å². The third kappa shape index (κ3) is 3.88. The summed E-state index contributed by atoms with van der Waals surface area (Å²) < 4.78 is 0. The van der Waals surface area contributed by atoms with Gasteiger partial charge in [0.2, 0.25) is 0 Å². The molecule has 1 amide bonds. The molecule has 0 saturated carbocycles. The summed E-state index contributed by atoms with van der Waals surface area (Å²) in [6, 6.07) is 3.47. The van der Waals surface area contributed by atoms with Crippen LogP contribution < -0.4 is 5.32 Å². The maximum absolute atomic E-state index is 11.7. The van der Waals surface area contributed by atoms with Crippen molar-refractivity contribution in [3.05, 3.63) is 30.1 Å². The third-order valence-corrected chi connectivity index (χ3v) is 2.28. The Morgan fingerprint density at radius 1 is 1.60 bits per heavy atom. The molecule has 1 aromatic rings. The lowest BCUT2D eigenvalue weighted by Crippen LogP contribution is -2.43. The number of amides is 1. The van der Waals surface area contributed by atoms with E-state index < -0.39 is 0 Å². The molecular weight excluding hydrogens is 212 g/mol. The van der Waals surface area contributed by atoms with Crippen LogP contribution in [0.3, 0.4) is 0 Å². The fraction of sp³-hybridized carbons (Fsp3) is 0.455. The van der Waals surface area contributed by atoms with Crippen molar-refractivity contribution in [2.45, 2.75) is 25.8 Å². The summed E-state index contributed by atoms with van der Waals surface area (Å²) in [5, 5.41) is 2.91. The Hall–Kier alpha value is -1.09. The first kappa shape index (κ1) is 12.0. The number of aromatic nitrogens is 1. The Kier molecular flexibility index (Phi) is 4.09. The van der Waals surface area contributed by atoms with E-state index in [2.05, 4.69) is 10.3 Å². The van der Waals surface area contributed by atoms with Crippen molar-refractivity contribution in [1.82, 2.24) is 10.3 Å². The van der Waals surface area contributed by atoms with Crippen LogP contribution in [0, 0.1) is 0 Å². The molecule has 0 saturated heterocycles. The van der Waals surface area contributed by atoms with Crippen molar-refractivity contribution in [3.8, 4) is 0 Å². The van der Waals surface area contributed by atoms with E-state index in [4.69, 9.17) is 11.6 Å². The van der Waals surface area contributed by atoms with Crippen molar-refractivity contribution >= 4 is 17.5 Å². The fourth-order valence-corrected chi connectivity index (χ4v) is 1.65. The second-order valence-corrected chi connectivity index (χ2v) is 4.40. The average Bonchev–Trinajstić information content (AvgIpc) is 2.18. The van der Waals surface area contributed by atoms with Crippen LogP contribution in [0.15, 0.2) is 24.5 Å². The number of hydrogen-bond donors (Lipinski definition) is 1. The Balaban J connectivity index is 2.64. The number of nitrogens with zero attached hydrogens (tertiary/aromatic N) is 1. The second kappa shape index (κ2) is 5.12. The summed E-state index contributed by atoms with van der Waals surface area (Å²) in [4.78, 5) is 15.6. The van der Waals surface area contributed by atoms with Crippen LogP contribution in [-0.2, 0) is 0 Å². The molecule has 4 heteroatoms. The predicted octanol–water partition coefficient (Wildman–Crippen LogP) is 2.22. The van der Waals surface area contributed by atoms with Gasteiger partial charge in [-0.15, -0.1) is 11.6 Å². The van der Waals surface area contributed by atoms with Gasteiger partial charge in [-0.1, -0.05) is 0 Å². The van der Waals surface area contributed by atoms with E-state index in [1.165, 1.54) is 0 Å². The van der Waals surface area contributed by atoms with Gasteiger partial charge in [0.25, 0.3) is 5.91 Å². The summed E-state index contributed by atoms with van der Waals surface area (Å²) in [5.41, 5.74) is 0.287. The van der Waals surface area contributed by atoms with Gasteiger partial charge in [-0.3, -0.25) is 9.78 Å². The number of halogens is 1. The molecule has 0 unspecified atom stereocenters. The zero-order chi connectivity index (χ0) is 11.3. The maximum atomic E-state index is 11.7. The minimum atomic E-state index is -0.283. The molecule has 3 nitrogen and oxygen atoms in total. The summed E-state index contributed by atoms with van der Waals surface area (Å²) in [5.74, 6) is 0.415. The van der Waals surface area contributed by atoms with Crippen molar-refractivity contribution in [2.75, 3.05) is 5.88 Å². The number of pyridine rings is 1. The van der Waals surface area contributed by atoms with Gasteiger partial charge in [0.05, 0.1) is 5.56 Å². The van der Waals surface area contributed by atoms with Crippen LogP contribution in [0.1, 0.15) is 30.6 Å². The van der Waals surface area contributed by atoms with Crippen molar-refractivity contribution in [2.24, 2.45) is 0 Å². The number of carbonyl (C=O) groups excluding carboxylic acids is 1. The van der Waals surface area contributed by atoms with Crippen molar-refractivity contribution in [3.63, 3.8) is 0 Å². The lowest BCUT2D eigenvalue weighted by molar-refractivity contribution is 0.0911. The van der Waals surface area contributed by atoms with E-state index in [1.807, 2.05) is 13.8 Å². The van der Waals surface area contributed by atoms with E-state index in [0.29, 0.717) is 11.4 Å². The molecule has 0 fully saturated rings. The molecule has 1 N–H and O–H groups in total. The Morgan fingerprint density at radius 3 is 2.87 bits per heavy atom. The highest BCUT2D eigenvalue weighted by Gasteiger charge is 2.20. The molecule has 0 aromatic carbocycles. The minimum absolute atomic E-state index is 0.113. The Morgan fingerprint density at radius 2 is 2.33 bits per heavy atom. The number of hydrogen-bond acceptors (Lipinski definition) is 2. The summed E-state index contributed by atoms with van der Waals surface area (Å²) in [6.45, 7) is 3.90. The van der Waals surface area contributed by atoms with Gasteiger partial charge in [0.15, 0.2) is 0 Å². The van der Waals surface area contributed by atoms with Crippen molar-refractivity contribution < 1.29 is 4.79 Å². The van der Waals surface area contributed by atoms with E-state index >= 15 is 0 Å². The number of carbonyl (C=O) groups is 1. The van der Waals surface area contributed by atoms with Gasteiger partial charge in [-0.05, 0) is 32.4 Å².